The van der Waals surface area contributed by atoms with Gasteiger partial charge in [0.15, 0.2) is 5.69 Å². The van der Waals surface area contributed by atoms with Crippen molar-refractivity contribution in [3.05, 3.63) is 81.2 Å². The van der Waals surface area contributed by atoms with Crippen molar-refractivity contribution in [1.29, 1.82) is 0 Å². The molecule has 0 aliphatic carbocycles. The fourth-order valence-corrected chi connectivity index (χ4v) is 4.84. The van der Waals surface area contributed by atoms with Crippen molar-refractivity contribution in [2.45, 2.75) is 45.3 Å². The Kier molecular flexibility index (Phi) is 6.18. The zero-order chi connectivity index (χ0) is 23.7. The maximum absolute atomic E-state index is 12.7. The van der Waals surface area contributed by atoms with Crippen LogP contribution in [0.3, 0.4) is 0 Å². The third kappa shape index (κ3) is 4.08. The van der Waals surface area contributed by atoms with Crippen LogP contribution < -0.4 is 10.5 Å². The van der Waals surface area contributed by atoms with Gasteiger partial charge in [0.2, 0.25) is 5.52 Å². The van der Waals surface area contributed by atoms with Crippen LogP contribution in [-0.4, -0.2) is 39.6 Å². The summed E-state index contributed by atoms with van der Waals surface area (Å²) in [5.74, 6) is 0.331. The normalized spacial score (nSPS) is 19.8. The molecule has 1 aromatic carbocycles. The summed E-state index contributed by atoms with van der Waals surface area (Å²) in [4.78, 5) is 29.1. The van der Waals surface area contributed by atoms with Crippen LogP contribution in [0.15, 0.2) is 47.3 Å². The van der Waals surface area contributed by atoms with E-state index in [0.29, 0.717) is 23.1 Å². The van der Waals surface area contributed by atoms with Crippen molar-refractivity contribution in [3.63, 3.8) is 0 Å². The van der Waals surface area contributed by atoms with Crippen molar-refractivity contribution < 1.29 is 0 Å². The fourth-order valence-electron chi connectivity index (χ4n) is 4.84. The minimum atomic E-state index is -0.0780. The third-order valence-corrected chi connectivity index (χ3v) is 6.83. The van der Waals surface area contributed by atoms with Crippen LogP contribution in [0, 0.1) is 13.1 Å². The van der Waals surface area contributed by atoms with Gasteiger partial charge >= 0.3 is 0 Å². The molecule has 33 heavy (non-hydrogen) atoms. The lowest BCUT2D eigenvalue weighted by Gasteiger charge is -2.48. The van der Waals surface area contributed by atoms with Gasteiger partial charge in [0.25, 0.3) is 11.4 Å². The van der Waals surface area contributed by atoms with Crippen LogP contribution >= 0.6 is 0 Å². The maximum Gasteiger partial charge on any atom is 0.270 e. The Balaban J connectivity index is 1.70. The first-order valence-corrected chi connectivity index (χ1v) is 11.3. The van der Waals surface area contributed by atoms with Gasteiger partial charge in [-0.3, -0.25) is 9.69 Å². The highest BCUT2D eigenvalue weighted by Crippen LogP contribution is 2.34. The first kappa shape index (κ1) is 22.5. The van der Waals surface area contributed by atoms with Crippen molar-refractivity contribution in [1.82, 2.24) is 14.5 Å². The number of aryl methyl sites for hydroxylation is 1. The van der Waals surface area contributed by atoms with E-state index in [1.807, 2.05) is 30.3 Å². The molecule has 1 unspecified atom stereocenters. The molecule has 0 radical (unpaired) electrons. The summed E-state index contributed by atoms with van der Waals surface area (Å²) in [5.41, 5.74) is 4.01. The van der Waals surface area contributed by atoms with Crippen LogP contribution in [0.1, 0.15) is 38.8 Å². The molecule has 0 N–H and O–H groups in total. The first-order chi connectivity index (χ1) is 15.9. The number of pyridine rings is 2. The van der Waals surface area contributed by atoms with Gasteiger partial charge in [-0.15, -0.1) is 4.98 Å². The second-order valence-electron chi connectivity index (χ2n) is 8.72. The Hall–Kier alpha value is -3.68. The van der Waals surface area contributed by atoms with Gasteiger partial charge in [0, 0.05) is 44.3 Å². The largest absolute Gasteiger partial charge is 0.362 e. The average molecular weight is 441 g/mol. The number of anilines is 1. The monoisotopic (exact) mass is 440 g/mol. The molecule has 0 amide bonds. The molecule has 1 aliphatic heterocycles. The first-order valence-electron chi connectivity index (χ1n) is 11.3. The topological polar surface area (TPSA) is 50.1 Å². The Labute approximate surface area is 194 Å². The Morgan fingerprint density at radius 1 is 1.12 bits per heavy atom. The summed E-state index contributed by atoms with van der Waals surface area (Å²) in [7, 11) is 1.74. The van der Waals surface area contributed by atoms with Crippen molar-refractivity contribution >= 4 is 28.2 Å². The summed E-state index contributed by atoms with van der Waals surface area (Å²) in [6.07, 6.45) is 0.969. The number of hydrogen-bond donors (Lipinski definition) is 0. The van der Waals surface area contributed by atoms with E-state index < -0.39 is 0 Å². The van der Waals surface area contributed by atoms with Gasteiger partial charge in [-0.2, -0.15) is 0 Å². The Morgan fingerprint density at radius 3 is 2.48 bits per heavy atom. The van der Waals surface area contributed by atoms with Crippen LogP contribution in [0.5, 0.6) is 0 Å². The van der Waals surface area contributed by atoms with Crippen LogP contribution in [0.4, 0.5) is 17.2 Å². The van der Waals surface area contributed by atoms with E-state index in [1.54, 1.807) is 23.7 Å². The van der Waals surface area contributed by atoms with Crippen LogP contribution in [0.25, 0.3) is 20.7 Å². The minimum Gasteiger partial charge on any atom is -0.362 e. The molecule has 168 valence electrons. The lowest BCUT2D eigenvalue weighted by atomic mass is 9.98. The van der Waals surface area contributed by atoms with E-state index in [1.165, 1.54) is 5.56 Å². The van der Waals surface area contributed by atoms with E-state index in [4.69, 9.17) is 13.1 Å². The molecule has 2 aromatic heterocycles. The van der Waals surface area contributed by atoms with E-state index in [2.05, 4.69) is 45.2 Å². The maximum atomic E-state index is 12.7. The summed E-state index contributed by atoms with van der Waals surface area (Å²) >= 11 is 0. The highest BCUT2D eigenvalue weighted by Gasteiger charge is 2.35. The zero-order valence-electron chi connectivity index (χ0n) is 19.5. The predicted molar refractivity (Wildman–Crippen MR) is 132 cm³/mol. The molecular weight excluding hydrogens is 412 g/mol. The number of hydrogen-bond acceptors (Lipinski definition) is 4. The lowest BCUT2D eigenvalue weighted by Crippen LogP contribution is -2.58. The van der Waals surface area contributed by atoms with Crippen molar-refractivity contribution in [2.24, 2.45) is 7.05 Å². The average Bonchev–Trinajstić information content (AvgIpc) is 2.85. The molecule has 4 rings (SSSR count). The molecule has 1 fully saturated rings. The molecule has 1 aliphatic rings. The molecule has 3 heterocycles. The number of benzene rings is 1. The molecule has 1 saturated heterocycles. The van der Waals surface area contributed by atoms with Gasteiger partial charge < -0.3 is 14.3 Å². The second-order valence-corrected chi connectivity index (χ2v) is 8.72. The molecule has 3 aromatic rings. The van der Waals surface area contributed by atoms with Crippen molar-refractivity contribution in [2.75, 3.05) is 18.0 Å². The standard InChI is InChI=1S/C26H28N6O/c1-7-21-16-31(17(2)15-32(21)18(3)19-8-10-20(27-4)11-9-19)23-14-25(33)30(6)22-12-13-24(28-5)29-26(22)23/h8-14,17-18,21H,7,15-16H2,1-3,6H3/t17-,18?,21+/m0/s1. The SMILES string of the molecule is [C-]#[N+]c1ccc(C(C)N2C[C@H](C)N(c3cc(=O)n(C)c4ccc([N+]#[C-])nc34)C[C@H]2CC)cc1. The zero-order valence-corrected chi connectivity index (χ0v) is 19.5. The third-order valence-electron chi connectivity index (χ3n) is 6.83. The Bertz CT molecular complexity index is 1310. The fraction of sp³-hybridized carbons (Fsp3) is 0.385. The molecule has 7 heteroatoms. The number of aromatic nitrogens is 2. The summed E-state index contributed by atoms with van der Waals surface area (Å²) in [5, 5.41) is 0. The highest BCUT2D eigenvalue weighted by molar-refractivity contribution is 5.89. The van der Waals surface area contributed by atoms with Gasteiger partial charge in [0.1, 0.15) is 0 Å². The number of piperazine rings is 1. The molecule has 7 nitrogen and oxygen atoms in total. The molecule has 0 spiro atoms. The van der Waals surface area contributed by atoms with Gasteiger partial charge in [0.05, 0.1) is 17.8 Å². The van der Waals surface area contributed by atoms with E-state index >= 15 is 0 Å². The Morgan fingerprint density at radius 2 is 1.85 bits per heavy atom. The second kappa shape index (κ2) is 9.05. The number of fused-ring (bicyclic) bond motifs is 1. The molecule has 0 saturated carbocycles. The van der Waals surface area contributed by atoms with Crippen LogP contribution in [0.2, 0.25) is 0 Å². The lowest BCUT2D eigenvalue weighted by molar-refractivity contribution is 0.106. The van der Waals surface area contributed by atoms with Gasteiger partial charge in [-0.1, -0.05) is 37.8 Å². The van der Waals surface area contributed by atoms with E-state index in [9.17, 15) is 4.79 Å². The summed E-state index contributed by atoms with van der Waals surface area (Å²) < 4.78 is 1.59. The smallest absolute Gasteiger partial charge is 0.270 e. The summed E-state index contributed by atoms with van der Waals surface area (Å²) in [6, 6.07) is 13.7. The van der Waals surface area contributed by atoms with E-state index in [0.717, 1.165) is 30.7 Å². The molecule has 0 bridgehead atoms. The number of rotatable bonds is 4. The highest BCUT2D eigenvalue weighted by atomic mass is 16.1. The van der Waals surface area contributed by atoms with Crippen LogP contribution in [-0.2, 0) is 7.05 Å². The van der Waals surface area contributed by atoms with Crippen molar-refractivity contribution in [3.8, 4) is 0 Å². The molecule has 3 atom stereocenters. The quantitative estimate of drug-likeness (QED) is 0.531. The van der Waals surface area contributed by atoms with Gasteiger partial charge in [-0.05, 0) is 38.0 Å². The molecular formula is C26H28N6O. The minimum absolute atomic E-state index is 0.0780. The summed E-state index contributed by atoms with van der Waals surface area (Å²) in [6.45, 7) is 22.7. The predicted octanol–water partition coefficient (Wildman–Crippen LogP) is 5.09. The van der Waals surface area contributed by atoms with Gasteiger partial charge in [-0.25, -0.2) is 4.85 Å². The number of nitrogens with zero attached hydrogens (tertiary/aromatic N) is 6. The van der Waals surface area contributed by atoms with E-state index in [-0.39, 0.29) is 17.6 Å².